The van der Waals surface area contributed by atoms with Gasteiger partial charge in [0.25, 0.3) is 0 Å². The second-order valence-electron chi connectivity index (χ2n) is 7.11. The molecule has 2 N–H and O–H groups in total. The zero-order valence-corrected chi connectivity index (χ0v) is 14.6. The smallest absolute Gasteiger partial charge is 0.223 e. The Morgan fingerprint density at radius 1 is 1.27 bits per heavy atom. The quantitative estimate of drug-likeness (QED) is 0.916. The number of benzene rings is 1. The molecule has 0 spiro atoms. The summed E-state index contributed by atoms with van der Waals surface area (Å²) >= 11 is 0. The van der Waals surface area contributed by atoms with Crippen molar-refractivity contribution < 1.29 is 9.53 Å². The number of nitrogens with two attached hydrogens (primary N) is 1. The Balaban J connectivity index is 1.56. The number of aromatic nitrogens is 1. The number of nitrogens with zero attached hydrogens (tertiary/aromatic N) is 3. The molecule has 2 aliphatic rings. The van der Waals surface area contributed by atoms with Crippen LogP contribution in [0.1, 0.15) is 24.8 Å². The zero-order chi connectivity index (χ0) is 18.1. The molecule has 1 aromatic heterocycles. The van der Waals surface area contributed by atoms with Crippen molar-refractivity contribution in [2.24, 2.45) is 17.6 Å². The highest BCUT2D eigenvalue weighted by molar-refractivity contribution is 5.94. The van der Waals surface area contributed by atoms with Crippen molar-refractivity contribution in [2.45, 2.75) is 25.4 Å². The number of nitriles is 1. The largest absolute Gasteiger partial charge is 0.377 e. The van der Waals surface area contributed by atoms with E-state index in [2.05, 4.69) is 16.0 Å². The van der Waals surface area contributed by atoms with Crippen LogP contribution in [0.5, 0.6) is 0 Å². The summed E-state index contributed by atoms with van der Waals surface area (Å²) in [4.78, 5) is 18.3. The molecule has 1 amide bonds. The number of hydrogen-bond donors (Lipinski definition) is 1. The average Bonchev–Trinajstić information content (AvgIpc) is 3.17. The minimum atomic E-state index is -0.248. The van der Waals surface area contributed by atoms with Gasteiger partial charge < -0.3 is 15.4 Å². The molecule has 2 atom stereocenters. The number of hydrogen-bond acceptors (Lipinski definition) is 5. The molecule has 2 aromatic rings. The Hall–Kier alpha value is -2.65. The van der Waals surface area contributed by atoms with Crippen molar-refractivity contribution in [2.75, 3.05) is 24.6 Å². The molecule has 0 saturated carbocycles. The van der Waals surface area contributed by atoms with E-state index in [4.69, 9.17) is 10.5 Å². The van der Waals surface area contributed by atoms with Gasteiger partial charge in [0.2, 0.25) is 5.91 Å². The lowest BCUT2D eigenvalue weighted by molar-refractivity contribution is -0.124. The number of para-hydroxylation sites is 1. The summed E-state index contributed by atoms with van der Waals surface area (Å²) in [5, 5.41) is 10.6. The Morgan fingerprint density at radius 3 is 2.77 bits per heavy atom. The molecule has 134 valence electrons. The van der Waals surface area contributed by atoms with Gasteiger partial charge in [0.05, 0.1) is 28.8 Å². The van der Waals surface area contributed by atoms with Crippen LogP contribution in [0.25, 0.3) is 10.9 Å². The van der Waals surface area contributed by atoms with Crippen molar-refractivity contribution in [1.29, 1.82) is 5.26 Å². The SMILES string of the molecule is N#Cc1cnc2ccccc2c1N1CCC([C@H]2OCC[C@@H]2C(N)=O)CC1. The fourth-order valence-corrected chi connectivity index (χ4v) is 4.38. The lowest BCUT2D eigenvalue weighted by atomic mass is 9.83. The maximum Gasteiger partial charge on any atom is 0.223 e. The van der Waals surface area contributed by atoms with Crippen LogP contribution in [0, 0.1) is 23.2 Å². The van der Waals surface area contributed by atoms with Crippen molar-refractivity contribution in [3.8, 4) is 6.07 Å². The maximum absolute atomic E-state index is 11.7. The zero-order valence-electron chi connectivity index (χ0n) is 14.6. The number of pyridine rings is 1. The number of amides is 1. The van der Waals surface area contributed by atoms with Crippen molar-refractivity contribution in [3.05, 3.63) is 36.0 Å². The van der Waals surface area contributed by atoms with E-state index in [-0.39, 0.29) is 17.9 Å². The third-order valence-electron chi connectivity index (χ3n) is 5.69. The van der Waals surface area contributed by atoms with E-state index in [1.165, 1.54) is 0 Å². The van der Waals surface area contributed by atoms with Crippen LogP contribution in [0.4, 0.5) is 5.69 Å². The average molecular weight is 350 g/mol. The number of rotatable bonds is 3. The second kappa shape index (κ2) is 6.93. The van der Waals surface area contributed by atoms with Crippen LogP contribution in [-0.2, 0) is 9.53 Å². The Kier molecular flexibility index (Phi) is 4.48. The molecule has 4 rings (SSSR count). The summed E-state index contributed by atoms with van der Waals surface area (Å²) in [6.07, 6.45) is 4.19. The minimum Gasteiger partial charge on any atom is -0.377 e. The van der Waals surface area contributed by atoms with Crippen LogP contribution in [-0.4, -0.2) is 36.7 Å². The van der Waals surface area contributed by atoms with E-state index in [9.17, 15) is 10.1 Å². The number of anilines is 1. The molecule has 26 heavy (non-hydrogen) atoms. The summed E-state index contributed by atoms with van der Waals surface area (Å²) in [5.74, 6) is -0.0744. The van der Waals surface area contributed by atoms with Gasteiger partial charge in [0.1, 0.15) is 6.07 Å². The van der Waals surface area contributed by atoms with E-state index >= 15 is 0 Å². The molecular weight excluding hydrogens is 328 g/mol. The fourth-order valence-electron chi connectivity index (χ4n) is 4.38. The van der Waals surface area contributed by atoms with E-state index in [0.717, 1.165) is 48.9 Å². The van der Waals surface area contributed by atoms with Gasteiger partial charge in [-0.3, -0.25) is 9.78 Å². The van der Waals surface area contributed by atoms with Crippen LogP contribution in [0.15, 0.2) is 30.5 Å². The molecule has 0 bridgehead atoms. The number of piperidine rings is 1. The first-order valence-corrected chi connectivity index (χ1v) is 9.12. The first-order valence-electron chi connectivity index (χ1n) is 9.12. The van der Waals surface area contributed by atoms with Gasteiger partial charge in [-0.15, -0.1) is 0 Å². The third kappa shape index (κ3) is 2.89. The first kappa shape index (κ1) is 16.8. The molecular formula is C20H22N4O2. The molecule has 2 fully saturated rings. The summed E-state index contributed by atoms with van der Waals surface area (Å²) in [6.45, 7) is 2.28. The van der Waals surface area contributed by atoms with Crippen LogP contribution < -0.4 is 10.6 Å². The molecule has 0 unspecified atom stereocenters. The molecule has 2 aliphatic heterocycles. The molecule has 1 aromatic carbocycles. The monoisotopic (exact) mass is 350 g/mol. The Bertz CT molecular complexity index is 868. The maximum atomic E-state index is 11.7. The second-order valence-corrected chi connectivity index (χ2v) is 7.11. The Labute approximate surface area is 152 Å². The number of carbonyl (C=O) groups is 1. The lowest BCUT2D eigenvalue weighted by Crippen LogP contribution is -2.42. The summed E-state index contributed by atoms with van der Waals surface area (Å²) < 4.78 is 5.84. The third-order valence-corrected chi connectivity index (χ3v) is 5.69. The highest BCUT2D eigenvalue weighted by Crippen LogP contribution is 2.36. The molecule has 0 aliphatic carbocycles. The summed E-state index contributed by atoms with van der Waals surface area (Å²) in [7, 11) is 0. The highest BCUT2D eigenvalue weighted by Gasteiger charge is 2.39. The standard InChI is InChI=1S/C20H22N4O2/c21-11-14-12-23-17-4-2-1-3-15(17)18(14)24-8-5-13(6-9-24)19-16(20(22)25)7-10-26-19/h1-4,12-13,16,19H,5-10H2,(H2,22,25)/t16-,19+/m0/s1. The van der Waals surface area contributed by atoms with Gasteiger partial charge in [-0.25, -0.2) is 0 Å². The van der Waals surface area contributed by atoms with Gasteiger partial charge >= 0.3 is 0 Å². The van der Waals surface area contributed by atoms with Crippen molar-refractivity contribution >= 4 is 22.5 Å². The number of primary amides is 1. The fraction of sp³-hybridized carbons (Fsp3) is 0.450. The molecule has 6 nitrogen and oxygen atoms in total. The molecule has 2 saturated heterocycles. The van der Waals surface area contributed by atoms with Gasteiger partial charge in [-0.1, -0.05) is 18.2 Å². The number of carbonyl (C=O) groups excluding carboxylic acids is 1. The van der Waals surface area contributed by atoms with E-state index in [0.29, 0.717) is 18.1 Å². The van der Waals surface area contributed by atoms with Crippen LogP contribution in [0.3, 0.4) is 0 Å². The van der Waals surface area contributed by atoms with Gasteiger partial charge in [-0.05, 0) is 31.2 Å². The minimum absolute atomic E-state index is 0.0562. The van der Waals surface area contributed by atoms with Gasteiger partial charge in [0.15, 0.2) is 0 Å². The first-order chi connectivity index (χ1) is 12.7. The van der Waals surface area contributed by atoms with E-state index in [1.807, 2.05) is 24.3 Å². The Morgan fingerprint density at radius 2 is 2.04 bits per heavy atom. The predicted molar refractivity (Wildman–Crippen MR) is 98.4 cm³/mol. The number of fused-ring (bicyclic) bond motifs is 1. The van der Waals surface area contributed by atoms with Crippen LogP contribution in [0.2, 0.25) is 0 Å². The lowest BCUT2D eigenvalue weighted by Gasteiger charge is -2.37. The summed E-state index contributed by atoms with van der Waals surface area (Å²) in [5.41, 5.74) is 8.01. The number of ether oxygens (including phenoxy) is 1. The normalized spacial score (nSPS) is 23.9. The van der Waals surface area contributed by atoms with Crippen molar-refractivity contribution in [3.63, 3.8) is 0 Å². The van der Waals surface area contributed by atoms with Crippen LogP contribution >= 0.6 is 0 Å². The molecule has 6 heteroatoms. The predicted octanol–water partition coefficient (Wildman–Crippen LogP) is 2.21. The molecule has 3 heterocycles. The topological polar surface area (TPSA) is 92.2 Å². The summed E-state index contributed by atoms with van der Waals surface area (Å²) in [6, 6.07) is 10.2. The van der Waals surface area contributed by atoms with Gasteiger partial charge in [0, 0.05) is 31.3 Å². The van der Waals surface area contributed by atoms with E-state index < -0.39 is 0 Å². The molecule has 0 radical (unpaired) electrons. The van der Waals surface area contributed by atoms with Crippen molar-refractivity contribution in [1.82, 2.24) is 4.98 Å². The van der Waals surface area contributed by atoms with E-state index in [1.54, 1.807) is 6.20 Å². The highest BCUT2D eigenvalue weighted by atomic mass is 16.5. The van der Waals surface area contributed by atoms with Gasteiger partial charge in [-0.2, -0.15) is 5.26 Å².